The molecule has 1 heterocycles. The predicted octanol–water partition coefficient (Wildman–Crippen LogP) is 3.97. The van der Waals surface area contributed by atoms with Gasteiger partial charge in [0.1, 0.15) is 6.54 Å². The number of amides is 1. The number of ether oxygens (including phenoxy) is 1. The van der Waals surface area contributed by atoms with E-state index in [4.69, 9.17) is 16.3 Å². The van der Waals surface area contributed by atoms with Gasteiger partial charge < -0.3 is 9.30 Å². The number of fused-ring (bicyclic) bond motifs is 1. The van der Waals surface area contributed by atoms with E-state index in [0.29, 0.717) is 20.9 Å². The first kappa shape index (κ1) is 21.4. The SMILES string of the molecule is CCOC(=O)Cn1c(=NC(=O)/C=C\c2ccc([N+](=O)[O-])cc2)sc2cc(Cl)ccc21. The van der Waals surface area contributed by atoms with Gasteiger partial charge in [0.05, 0.1) is 21.7 Å². The predicted molar refractivity (Wildman–Crippen MR) is 114 cm³/mol. The van der Waals surface area contributed by atoms with Crippen LogP contribution >= 0.6 is 22.9 Å². The van der Waals surface area contributed by atoms with E-state index in [1.54, 1.807) is 29.7 Å². The summed E-state index contributed by atoms with van der Waals surface area (Å²) in [6, 6.07) is 10.9. The summed E-state index contributed by atoms with van der Waals surface area (Å²) in [4.78, 5) is 39.0. The largest absolute Gasteiger partial charge is 0.465 e. The van der Waals surface area contributed by atoms with Gasteiger partial charge in [-0.15, -0.1) is 0 Å². The Balaban J connectivity index is 1.92. The molecule has 0 saturated heterocycles. The van der Waals surface area contributed by atoms with Crippen LogP contribution in [0.5, 0.6) is 0 Å². The molecule has 0 bridgehead atoms. The molecule has 154 valence electrons. The van der Waals surface area contributed by atoms with Crippen molar-refractivity contribution in [3.63, 3.8) is 0 Å². The summed E-state index contributed by atoms with van der Waals surface area (Å²) in [5, 5.41) is 11.2. The van der Waals surface area contributed by atoms with Gasteiger partial charge in [-0.2, -0.15) is 4.99 Å². The number of hydrogen-bond donors (Lipinski definition) is 0. The molecule has 3 rings (SSSR count). The molecule has 0 fully saturated rings. The third kappa shape index (κ3) is 5.19. The number of rotatable bonds is 6. The van der Waals surface area contributed by atoms with Gasteiger partial charge in [0.15, 0.2) is 4.80 Å². The van der Waals surface area contributed by atoms with Crippen molar-refractivity contribution >= 4 is 56.8 Å². The molecule has 0 saturated carbocycles. The molecule has 0 radical (unpaired) electrons. The molecule has 2 aromatic carbocycles. The Morgan fingerprint density at radius 3 is 2.67 bits per heavy atom. The summed E-state index contributed by atoms with van der Waals surface area (Å²) >= 11 is 7.27. The second-order valence-electron chi connectivity index (χ2n) is 6.02. The Morgan fingerprint density at radius 1 is 1.27 bits per heavy atom. The second kappa shape index (κ2) is 9.47. The summed E-state index contributed by atoms with van der Waals surface area (Å²) in [6.45, 7) is 1.87. The molecule has 10 heteroatoms. The topological polar surface area (TPSA) is 104 Å². The van der Waals surface area contributed by atoms with E-state index >= 15 is 0 Å². The van der Waals surface area contributed by atoms with Crippen molar-refractivity contribution < 1.29 is 19.2 Å². The number of halogens is 1. The first-order valence-corrected chi connectivity index (χ1v) is 10.0. The first-order chi connectivity index (χ1) is 14.4. The maximum absolute atomic E-state index is 12.4. The zero-order valence-electron chi connectivity index (χ0n) is 15.8. The third-order valence-corrected chi connectivity index (χ3v) is 5.24. The van der Waals surface area contributed by atoms with Gasteiger partial charge in [-0.1, -0.05) is 22.9 Å². The summed E-state index contributed by atoms with van der Waals surface area (Å²) < 4.78 is 7.39. The molecule has 0 aliphatic heterocycles. The van der Waals surface area contributed by atoms with Gasteiger partial charge in [0, 0.05) is 23.2 Å². The van der Waals surface area contributed by atoms with Crippen LogP contribution in [0.25, 0.3) is 16.3 Å². The fraction of sp³-hybridized carbons (Fsp3) is 0.150. The molecule has 3 aromatic rings. The number of thiazole rings is 1. The second-order valence-corrected chi connectivity index (χ2v) is 7.47. The lowest BCUT2D eigenvalue weighted by molar-refractivity contribution is -0.384. The van der Waals surface area contributed by atoms with Crippen molar-refractivity contribution in [1.82, 2.24) is 4.57 Å². The van der Waals surface area contributed by atoms with Crippen LogP contribution in [0.3, 0.4) is 0 Å². The number of carbonyl (C=O) groups is 2. The number of nitro groups is 1. The van der Waals surface area contributed by atoms with Crippen LogP contribution in [0.15, 0.2) is 53.5 Å². The van der Waals surface area contributed by atoms with E-state index in [1.807, 2.05) is 0 Å². The van der Waals surface area contributed by atoms with E-state index in [0.717, 1.165) is 4.70 Å². The van der Waals surface area contributed by atoms with Crippen LogP contribution in [0.4, 0.5) is 5.69 Å². The minimum Gasteiger partial charge on any atom is -0.465 e. The molecule has 0 N–H and O–H groups in total. The monoisotopic (exact) mass is 445 g/mol. The zero-order chi connectivity index (χ0) is 21.7. The van der Waals surface area contributed by atoms with Crippen LogP contribution < -0.4 is 4.80 Å². The van der Waals surface area contributed by atoms with Gasteiger partial charge in [0.25, 0.3) is 11.6 Å². The number of hydrogen-bond acceptors (Lipinski definition) is 6. The van der Waals surface area contributed by atoms with E-state index in [9.17, 15) is 19.7 Å². The fourth-order valence-corrected chi connectivity index (χ4v) is 3.94. The van der Waals surface area contributed by atoms with E-state index in [-0.39, 0.29) is 18.8 Å². The molecule has 1 aromatic heterocycles. The average molecular weight is 446 g/mol. The molecule has 0 aliphatic carbocycles. The number of esters is 1. The molecule has 0 atom stereocenters. The average Bonchev–Trinajstić information content (AvgIpc) is 3.02. The van der Waals surface area contributed by atoms with E-state index in [1.165, 1.54) is 47.8 Å². The van der Waals surface area contributed by atoms with Crippen molar-refractivity contribution in [2.45, 2.75) is 13.5 Å². The Labute approximate surface area is 179 Å². The van der Waals surface area contributed by atoms with Crippen molar-refractivity contribution in [2.24, 2.45) is 4.99 Å². The summed E-state index contributed by atoms with van der Waals surface area (Å²) in [6.07, 6.45) is 2.77. The van der Waals surface area contributed by atoms with Crippen molar-refractivity contribution in [2.75, 3.05) is 6.61 Å². The van der Waals surface area contributed by atoms with E-state index < -0.39 is 16.8 Å². The minimum atomic E-state index is -0.538. The molecular weight excluding hydrogens is 430 g/mol. The van der Waals surface area contributed by atoms with Crippen molar-refractivity contribution in [3.05, 3.63) is 74.0 Å². The Kier molecular flexibility index (Phi) is 6.76. The highest BCUT2D eigenvalue weighted by Crippen LogP contribution is 2.22. The van der Waals surface area contributed by atoms with Gasteiger partial charge >= 0.3 is 5.97 Å². The number of aromatic nitrogens is 1. The van der Waals surface area contributed by atoms with Crippen LogP contribution in [0, 0.1) is 10.1 Å². The molecule has 0 unspecified atom stereocenters. The quantitative estimate of drug-likeness (QED) is 0.247. The Bertz CT molecular complexity index is 1210. The molecular formula is C20H16ClN3O5S. The van der Waals surface area contributed by atoms with Crippen molar-refractivity contribution in [3.8, 4) is 0 Å². The number of nitrogens with zero attached hydrogens (tertiary/aromatic N) is 3. The van der Waals surface area contributed by atoms with Gasteiger partial charge in [0.2, 0.25) is 0 Å². The maximum Gasteiger partial charge on any atom is 0.326 e. The Morgan fingerprint density at radius 2 is 2.00 bits per heavy atom. The highest BCUT2D eigenvalue weighted by atomic mass is 35.5. The first-order valence-electron chi connectivity index (χ1n) is 8.83. The third-order valence-electron chi connectivity index (χ3n) is 3.97. The normalized spacial score (nSPS) is 11.9. The van der Waals surface area contributed by atoms with Crippen LogP contribution in [-0.2, 0) is 20.9 Å². The van der Waals surface area contributed by atoms with Crippen LogP contribution in [0.1, 0.15) is 12.5 Å². The lowest BCUT2D eigenvalue weighted by Gasteiger charge is -2.04. The Hall–Kier alpha value is -3.30. The molecule has 30 heavy (non-hydrogen) atoms. The number of benzene rings is 2. The van der Waals surface area contributed by atoms with Crippen LogP contribution in [0.2, 0.25) is 5.02 Å². The highest BCUT2D eigenvalue weighted by molar-refractivity contribution is 7.16. The van der Waals surface area contributed by atoms with E-state index in [2.05, 4.69) is 4.99 Å². The molecule has 0 spiro atoms. The fourth-order valence-electron chi connectivity index (χ4n) is 2.63. The lowest BCUT2D eigenvalue weighted by Crippen LogP contribution is -2.22. The smallest absolute Gasteiger partial charge is 0.326 e. The van der Waals surface area contributed by atoms with Crippen molar-refractivity contribution in [1.29, 1.82) is 0 Å². The van der Waals surface area contributed by atoms with Crippen LogP contribution in [-0.4, -0.2) is 28.0 Å². The summed E-state index contributed by atoms with van der Waals surface area (Å²) in [5.41, 5.74) is 1.29. The number of nitro benzene ring substituents is 1. The van der Waals surface area contributed by atoms with Gasteiger partial charge in [-0.05, 0) is 48.9 Å². The lowest BCUT2D eigenvalue weighted by atomic mass is 10.2. The number of non-ortho nitro benzene ring substituents is 1. The van der Waals surface area contributed by atoms with Gasteiger partial charge in [-0.3, -0.25) is 19.7 Å². The highest BCUT2D eigenvalue weighted by Gasteiger charge is 2.12. The standard InChI is InChI=1S/C20H16ClN3O5S/c1-2-29-19(26)12-23-16-9-6-14(21)11-17(16)30-20(23)22-18(25)10-5-13-3-7-15(8-4-13)24(27)28/h3-11H,2,12H2,1H3/b10-5-,22-20?. The minimum absolute atomic E-state index is 0.0351. The molecule has 8 nitrogen and oxygen atoms in total. The maximum atomic E-state index is 12.4. The molecule has 1 amide bonds. The number of carbonyl (C=O) groups excluding carboxylic acids is 2. The molecule has 0 aliphatic rings. The van der Waals surface area contributed by atoms with Gasteiger partial charge in [-0.25, -0.2) is 0 Å². The summed E-state index contributed by atoms with van der Waals surface area (Å²) in [7, 11) is 0. The zero-order valence-corrected chi connectivity index (χ0v) is 17.4. The summed E-state index contributed by atoms with van der Waals surface area (Å²) in [5.74, 6) is -0.980.